The summed E-state index contributed by atoms with van der Waals surface area (Å²) in [7, 11) is 1.74. The van der Waals surface area contributed by atoms with Gasteiger partial charge in [-0.25, -0.2) is 0 Å². The third-order valence-corrected chi connectivity index (χ3v) is 5.97. The van der Waals surface area contributed by atoms with E-state index in [1.165, 1.54) is 6.07 Å². The van der Waals surface area contributed by atoms with Crippen LogP contribution < -0.4 is 10.9 Å². The summed E-state index contributed by atoms with van der Waals surface area (Å²) < 4.78 is 7.04. The van der Waals surface area contributed by atoms with Crippen LogP contribution in [0.5, 0.6) is 0 Å². The van der Waals surface area contributed by atoms with E-state index in [0.717, 1.165) is 69.4 Å². The largest absolute Gasteiger partial charge is 0.379 e. The van der Waals surface area contributed by atoms with E-state index in [2.05, 4.69) is 10.2 Å². The monoisotopic (exact) mass is 369 g/mol. The number of hydrogen-bond acceptors (Lipinski definition) is 4. The first-order valence-electron chi connectivity index (χ1n) is 9.79. The summed E-state index contributed by atoms with van der Waals surface area (Å²) in [6, 6.07) is 9.05. The second kappa shape index (κ2) is 7.44. The van der Waals surface area contributed by atoms with E-state index in [4.69, 9.17) is 4.74 Å². The van der Waals surface area contributed by atoms with Crippen LogP contribution in [0, 0.1) is 0 Å². The van der Waals surface area contributed by atoms with Crippen molar-refractivity contribution in [3.63, 3.8) is 0 Å². The predicted molar refractivity (Wildman–Crippen MR) is 105 cm³/mol. The van der Waals surface area contributed by atoms with Gasteiger partial charge in [0.2, 0.25) is 0 Å². The first kappa shape index (κ1) is 18.2. The van der Waals surface area contributed by atoms with Crippen molar-refractivity contribution in [2.45, 2.75) is 31.2 Å². The van der Waals surface area contributed by atoms with E-state index in [1.807, 2.05) is 24.3 Å². The predicted octanol–water partition coefficient (Wildman–Crippen LogP) is 1.91. The van der Waals surface area contributed by atoms with E-state index < -0.39 is 0 Å². The standard InChI is InChI=1S/C21H27N3O3/c1-23-18-7-3-2-6-16(18)17(14-19(23)25)20(26)22-21(8-4-5-9-21)15-24-10-12-27-13-11-24/h2-3,6-7,14H,4-5,8-13,15H2,1H3,(H,22,26). The number of aromatic nitrogens is 1. The van der Waals surface area contributed by atoms with Gasteiger partial charge in [0.25, 0.3) is 11.5 Å². The van der Waals surface area contributed by atoms with Crippen LogP contribution in [0.25, 0.3) is 10.9 Å². The van der Waals surface area contributed by atoms with Crippen molar-refractivity contribution in [3.8, 4) is 0 Å². The van der Waals surface area contributed by atoms with Crippen LogP contribution in [0.2, 0.25) is 0 Å². The maximum atomic E-state index is 13.2. The number of morpholine rings is 1. The van der Waals surface area contributed by atoms with Crippen LogP contribution in [-0.2, 0) is 11.8 Å². The lowest BCUT2D eigenvalue weighted by molar-refractivity contribution is 0.0238. The second-order valence-electron chi connectivity index (χ2n) is 7.80. The van der Waals surface area contributed by atoms with E-state index in [-0.39, 0.29) is 17.0 Å². The lowest BCUT2D eigenvalue weighted by atomic mass is 9.95. The molecular weight excluding hydrogens is 342 g/mol. The van der Waals surface area contributed by atoms with Crippen molar-refractivity contribution in [1.82, 2.24) is 14.8 Å². The molecule has 27 heavy (non-hydrogen) atoms. The Labute approximate surface area is 159 Å². The summed E-state index contributed by atoms with van der Waals surface area (Å²) in [5.41, 5.74) is 0.884. The number of ether oxygens (including phenoxy) is 1. The molecule has 6 nitrogen and oxygen atoms in total. The highest BCUT2D eigenvalue weighted by Crippen LogP contribution is 2.31. The molecule has 0 radical (unpaired) electrons. The summed E-state index contributed by atoms with van der Waals surface area (Å²) in [5.74, 6) is -0.140. The molecule has 1 saturated heterocycles. The molecule has 1 N–H and O–H groups in total. The van der Waals surface area contributed by atoms with Gasteiger partial charge < -0.3 is 14.6 Å². The number of carbonyl (C=O) groups excluding carboxylic acids is 1. The number of fused-ring (bicyclic) bond motifs is 1. The Hall–Kier alpha value is -2.18. The van der Waals surface area contributed by atoms with Gasteiger partial charge in [-0.05, 0) is 18.9 Å². The van der Waals surface area contributed by atoms with Crippen LogP contribution in [0.1, 0.15) is 36.0 Å². The van der Waals surface area contributed by atoms with Gasteiger partial charge in [0.15, 0.2) is 0 Å². The van der Waals surface area contributed by atoms with Gasteiger partial charge in [-0.15, -0.1) is 0 Å². The number of pyridine rings is 1. The van der Waals surface area contributed by atoms with Crippen molar-refractivity contribution in [1.29, 1.82) is 0 Å². The zero-order chi connectivity index (χ0) is 18.9. The van der Waals surface area contributed by atoms with Gasteiger partial charge >= 0.3 is 0 Å². The van der Waals surface area contributed by atoms with Crippen molar-refractivity contribution >= 4 is 16.8 Å². The number of aryl methyl sites for hydroxylation is 1. The number of rotatable bonds is 4. The van der Waals surface area contributed by atoms with E-state index >= 15 is 0 Å². The zero-order valence-electron chi connectivity index (χ0n) is 15.9. The van der Waals surface area contributed by atoms with Crippen LogP contribution in [-0.4, -0.2) is 53.8 Å². The smallest absolute Gasteiger partial charge is 0.252 e. The molecule has 4 rings (SSSR count). The highest BCUT2D eigenvalue weighted by molar-refractivity contribution is 6.06. The molecule has 2 fully saturated rings. The Balaban J connectivity index is 1.63. The molecular formula is C21H27N3O3. The summed E-state index contributed by atoms with van der Waals surface area (Å²) in [6.45, 7) is 4.18. The average molecular weight is 369 g/mol. The first-order valence-corrected chi connectivity index (χ1v) is 9.79. The van der Waals surface area contributed by atoms with Gasteiger partial charge in [-0.2, -0.15) is 0 Å². The van der Waals surface area contributed by atoms with Crippen LogP contribution in [0.15, 0.2) is 35.1 Å². The SMILES string of the molecule is Cn1c(=O)cc(C(=O)NC2(CN3CCOCC3)CCCC2)c2ccccc21. The van der Waals surface area contributed by atoms with Crippen LogP contribution in [0.4, 0.5) is 0 Å². The van der Waals surface area contributed by atoms with Crippen LogP contribution in [0.3, 0.4) is 0 Å². The summed E-state index contributed by atoms with van der Waals surface area (Å²) >= 11 is 0. The Bertz CT molecular complexity index is 893. The quantitative estimate of drug-likeness (QED) is 0.894. The maximum absolute atomic E-state index is 13.2. The lowest BCUT2D eigenvalue weighted by Crippen LogP contribution is -2.55. The zero-order valence-corrected chi connectivity index (χ0v) is 15.9. The fraction of sp³-hybridized carbons (Fsp3) is 0.524. The third kappa shape index (κ3) is 3.64. The van der Waals surface area contributed by atoms with Gasteiger partial charge in [0, 0.05) is 38.1 Å². The number of nitrogens with one attached hydrogen (secondary N) is 1. The van der Waals surface area contributed by atoms with Crippen molar-refractivity contribution in [3.05, 3.63) is 46.2 Å². The van der Waals surface area contributed by atoms with E-state index in [0.29, 0.717) is 5.56 Å². The molecule has 2 aliphatic rings. The molecule has 1 amide bonds. The average Bonchev–Trinajstić information content (AvgIpc) is 3.13. The van der Waals surface area contributed by atoms with E-state index in [1.54, 1.807) is 11.6 Å². The molecule has 1 aromatic heterocycles. The number of nitrogens with zero attached hydrogens (tertiary/aromatic N) is 2. The Morgan fingerprint density at radius 3 is 2.63 bits per heavy atom. The summed E-state index contributed by atoms with van der Waals surface area (Å²) in [6.07, 6.45) is 4.22. The normalized spacial score (nSPS) is 20.0. The number of benzene rings is 1. The van der Waals surface area contributed by atoms with Crippen molar-refractivity contribution in [2.24, 2.45) is 7.05 Å². The number of hydrogen-bond donors (Lipinski definition) is 1. The molecule has 0 unspecified atom stereocenters. The molecule has 1 aliphatic carbocycles. The Kier molecular flexibility index (Phi) is 5.02. The fourth-order valence-electron chi connectivity index (χ4n) is 4.47. The molecule has 2 heterocycles. The molecule has 1 aliphatic heterocycles. The van der Waals surface area contributed by atoms with Gasteiger partial charge in [0.05, 0.1) is 29.8 Å². The van der Waals surface area contributed by atoms with E-state index in [9.17, 15) is 9.59 Å². The summed E-state index contributed by atoms with van der Waals surface area (Å²) in [5, 5.41) is 4.14. The van der Waals surface area contributed by atoms with Crippen LogP contribution >= 0.6 is 0 Å². The minimum Gasteiger partial charge on any atom is -0.379 e. The number of para-hydroxylation sites is 1. The molecule has 0 bridgehead atoms. The van der Waals surface area contributed by atoms with Gasteiger partial charge in [-0.3, -0.25) is 14.5 Å². The third-order valence-electron chi connectivity index (χ3n) is 5.97. The number of amides is 1. The molecule has 0 atom stereocenters. The molecule has 0 spiro atoms. The minimum absolute atomic E-state index is 0.140. The Morgan fingerprint density at radius 1 is 1.19 bits per heavy atom. The molecule has 144 valence electrons. The molecule has 1 aromatic carbocycles. The summed E-state index contributed by atoms with van der Waals surface area (Å²) in [4.78, 5) is 28.0. The second-order valence-corrected chi connectivity index (χ2v) is 7.80. The van der Waals surface area contributed by atoms with Crippen molar-refractivity contribution in [2.75, 3.05) is 32.8 Å². The highest BCUT2D eigenvalue weighted by Gasteiger charge is 2.37. The maximum Gasteiger partial charge on any atom is 0.252 e. The van der Waals surface area contributed by atoms with Gasteiger partial charge in [0.1, 0.15) is 0 Å². The highest BCUT2D eigenvalue weighted by atomic mass is 16.5. The fourth-order valence-corrected chi connectivity index (χ4v) is 4.47. The topological polar surface area (TPSA) is 63.6 Å². The Morgan fingerprint density at radius 2 is 1.89 bits per heavy atom. The molecule has 6 heteroatoms. The van der Waals surface area contributed by atoms with Crippen molar-refractivity contribution < 1.29 is 9.53 Å². The minimum atomic E-state index is -0.212. The molecule has 2 aromatic rings. The lowest BCUT2D eigenvalue weighted by Gasteiger charge is -2.38. The molecule has 1 saturated carbocycles. The number of carbonyl (C=O) groups is 1. The van der Waals surface area contributed by atoms with Gasteiger partial charge in [-0.1, -0.05) is 31.0 Å². The first-order chi connectivity index (χ1) is 13.1.